The number of urea groups is 1. The van der Waals surface area contributed by atoms with E-state index in [1.807, 2.05) is 24.1 Å². The SMILES string of the molecule is CNCC(CC1CCCCC1)NC(=O)N1CCCC(C(OC(N)=O)c2cccc(Cl)c2)C1. The third kappa shape index (κ3) is 7.27. The molecule has 0 radical (unpaired) electrons. The van der Waals surface area contributed by atoms with E-state index < -0.39 is 12.2 Å². The van der Waals surface area contributed by atoms with Gasteiger partial charge >= 0.3 is 12.1 Å². The highest BCUT2D eigenvalue weighted by atomic mass is 35.5. The van der Waals surface area contributed by atoms with Crippen molar-refractivity contribution in [2.24, 2.45) is 17.6 Å². The van der Waals surface area contributed by atoms with Crippen LogP contribution in [0, 0.1) is 11.8 Å². The number of likely N-dealkylation sites (tertiary alicyclic amines) is 1. The van der Waals surface area contributed by atoms with E-state index in [9.17, 15) is 9.59 Å². The van der Waals surface area contributed by atoms with Gasteiger partial charge in [-0.1, -0.05) is 55.8 Å². The Balaban J connectivity index is 1.64. The maximum atomic E-state index is 13.1. The fourth-order valence-electron chi connectivity index (χ4n) is 5.22. The molecule has 4 N–H and O–H groups in total. The molecule has 2 fully saturated rings. The van der Waals surface area contributed by atoms with E-state index in [0.717, 1.165) is 31.4 Å². The highest BCUT2D eigenvalue weighted by Crippen LogP contribution is 2.34. The minimum absolute atomic E-state index is 0.0402. The number of carbonyl (C=O) groups is 2. The van der Waals surface area contributed by atoms with Crippen molar-refractivity contribution < 1.29 is 14.3 Å². The fraction of sp³-hybridized carbons (Fsp3) is 0.667. The number of benzene rings is 1. The van der Waals surface area contributed by atoms with Crippen LogP contribution in [-0.2, 0) is 4.74 Å². The molecule has 32 heavy (non-hydrogen) atoms. The van der Waals surface area contributed by atoms with E-state index in [-0.39, 0.29) is 18.0 Å². The van der Waals surface area contributed by atoms with Crippen LogP contribution in [-0.4, -0.2) is 49.7 Å². The Morgan fingerprint density at radius 3 is 2.69 bits per heavy atom. The van der Waals surface area contributed by atoms with Crippen LogP contribution in [0.15, 0.2) is 24.3 Å². The number of nitrogens with two attached hydrogens (primary N) is 1. The molecule has 1 saturated carbocycles. The molecule has 0 spiro atoms. The van der Waals surface area contributed by atoms with Crippen LogP contribution in [0.4, 0.5) is 9.59 Å². The van der Waals surface area contributed by atoms with Crippen molar-refractivity contribution in [3.8, 4) is 0 Å². The molecule has 3 amide bonds. The average Bonchev–Trinajstić information content (AvgIpc) is 2.78. The van der Waals surface area contributed by atoms with Gasteiger partial charge in [0.25, 0.3) is 0 Å². The predicted octanol–water partition coefficient (Wildman–Crippen LogP) is 4.46. The van der Waals surface area contributed by atoms with Crippen LogP contribution in [0.3, 0.4) is 0 Å². The number of hydrogen-bond acceptors (Lipinski definition) is 4. The van der Waals surface area contributed by atoms with Gasteiger partial charge in [-0.3, -0.25) is 0 Å². The molecule has 0 bridgehead atoms. The molecule has 8 heteroatoms. The lowest BCUT2D eigenvalue weighted by atomic mass is 9.85. The van der Waals surface area contributed by atoms with Crippen LogP contribution < -0.4 is 16.4 Å². The standard InChI is InChI=1S/C24H37ClN4O3/c1-27-15-21(13-17-7-3-2-4-8-17)28-24(31)29-12-6-10-19(16-29)22(32-23(26)30)18-9-5-11-20(25)14-18/h5,9,11,14,17,19,21-22,27H,2-4,6-8,10,12-13,15-16H2,1H3,(H2,26,30)(H,28,31). The first kappa shape index (κ1) is 24.6. The molecule has 3 unspecified atom stereocenters. The van der Waals surface area contributed by atoms with E-state index in [1.54, 1.807) is 12.1 Å². The van der Waals surface area contributed by atoms with E-state index >= 15 is 0 Å². The van der Waals surface area contributed by atoms with Crippen LogP contribution >= 0.6 is 11.6 Å². The second kappa shape index (κ2) is 12.3. The molecule has 1 aromatic carbocycles. The van der Waals surface area contributed by atoms with Gasteiger partial charge in [0.05, 0.1) is 0 Å². The van der Waals surface area contributed by atoms with Crippen molar-refractivity contribution in [3.63, 3.8) is 0 Å². The molecule has 178 valence electrons. The number of piperidine rings is 1. The molecule has 1 aromatic rings. The second-order valence-corrected chi connectivity index (χ2v) is 9.64. The lowest BCUT2D eigenvalue weighted by molar-refractivity contribution is 0.0391. The van der Waals surface area contributed by atoms with Gasteiger partial charge in [0.2, 0.25) is 0 Å². The Hall–Kier alpha value is -1.99. The third-order valence-corrected chi connectivity index (χ3v) is 6.95. The summed E-state index contributed by atoms with van der Waals surface area (Å²) < 4.78 is 5.49. The van der Waals surface area contributed by atoms with E-state index in [0.29, 0.717) is 24.0 Å². The molecule has 7 nitrogen and oxygen atoms in total. The van der Waals surface area contributed by atoms with Crippen LogP contribution in [0.5, 0.6) is 0 Å². The lowest BCUT2D eigenvalue weighted by Crippen LogP contribution is -2.52. The highest BCUT2D eigenvalue weighted by molar-refractivity contribution is 6.30. The fourth-order valence-corrected chi connectivity index (χ4v) is 5.42. The van der Waals surface area contributed by atoms with Crippen molar-refractivity contribution in [2.75, 3.05) is 26.7 Å². The number of primary amides is 1. The number of hydrogen-bond donors (Lipinski definition) is 3. The van der Waals surface area contributed by atoms with Crippen molar-refractivity contribution in [3.05, 3.63) is 34.9 Å². The largest absolute Gasteiger partial charge is 0.441 e. The topological polar surface area (TPSA) is 96.7 Å². The van der Waals surface area contributed by atoms with Crippen LogP contribution in [0.2, 0.25) is 5.02 Å². The second-order valence-electron chi connectivity index (χ2n) is 9.20. The molecule has 1 heterocycles. The van der Waals surface area contributed by atoms with Gasteiger partial charge in [0, 0.05) is 36.6 Å². The normalized spacial score (nSPS) is 21.6. The number of rotatable bonds is 8. The molecule has 0 aromatic heterocycles. The first-order chi connectivity index (χ1) is 15.5. The summed E-state index contributed by atoms with van der Waals surface area (Å²) in [5.74, 6) is 0.647. The van der Waals surface area contributed by atoms with Crippen molar-refractivity contribution >= 4 is 23.7 Å². The summed E-state index contributed by atoms with van der Waals surface area (Å²) in [7, 11) is 1.92. The Morgan fingerprint density at radius 1 is 1.22 bits per heavy atom. The van der Waals surface area contributed by atoms with Gasteiger partial charge in [-0.05, 0) is 49.9 Å². The predicted molar refractivity (Wildman–Crippen MR) is 127 cm³/mol. The Kier molecular flexibility index (Phi) is 9.48. The number of carbonyl (C=O) groups excluding carboxylic acids is 2. The summed E-state index contributed by atoms with van der Waals surface area (Å²) in [6.07, 6.45) is 7.78. The van der Waals surface area contributed by atoms with Gasteiger partial charge in [-0.15, -0.1) is 0 Å². The summed E-state index contributed by atoms with van der Waals surface area (Å²) in [5.41, 5.74) is 6.16. The van der Waals surface area contributed by atoms with Gasteiger partial charge < -0.3 is 26.0 Å². The molecular weight excluding hydrogens is 428 g/mol. The minimum Gasteiger partial charge on any atom is -0.441 e. The average molecular weight is 465 g/mol. The first-order valence-electron chi connectivity index (χ1n) is 11.9. The number of nitrogens with one attached hydrogen (secondary N) is 2. The van der Waals surface area contributed by atoms with E-state index in [1.165, 1.54) is 32.1 Å². The minimum atomic E-state index is -0.821. The zero-order chi connectivity index (χ0) is 22.9. The molecule has 1 aliphatic heterocycles. The number of ether oxygens (including phenoxy) is 1. The van der Waals surface area contributed by atoms with Crippen LogP contribution in [0.25, 0.3) is 0 Å². The van der Waals surface area contributed by atoms with Crippen molar-refractivity contribution in [1.29, 1.82) is 0 Å². The Labute approximate surface area is 196 Å². The number of nitrogens with zero attached hydrogens (tertiary/aromatic N) is 1. The monoisotopic (exact) mass is 464 g/mol. The summed E-state index contributed by atoms with van der Waals surface area (Å²) in [6, 6.07) is 7.35. The molecule has 1 aliphatic carbocycles. The number of halogens is 1. The quantitative estimate of drug-likeness (QED) is 0.529. The lowest BCUT2D eigenvalue weighted by Gasteiger charge is -2.37. The number of amides is 3. The van der Waals surface area contributed by atoms with Gasteiger partial charge in [0.15, 0.2) is 0 Å². The van der Waals surface area contributed by atoms with Crippen molar-refractivity contribution in [2.45, 2.75) is 63.5 Å². The summed E-state index contributed by atoms with van der Waals surface area (Å²) in [5, 5.41) is 7.05. The Morgan fingerprint density at radius 2 is 2.00 bits per heavy atom. The highest BCUT2D eigenvalue weighted by Gasteiger charge is 2.33. The zero-order valence-electron chi connectivity index (χ0n) is 19.0. The van der Waals surface area contributed by atoms with E-state index in [2.05, 4.69) is 10.6 Å². The van der Waals surface area contributed by atoms with Gasteiger partial charge in [-0.25, -0.2) is 9.59 Å². The molecule has 2 aliphatic rings. The first-order valence-corrected chi connectivity index (χ1v) is 12.3. The molecule has 3 atom stereocenters. The van der Waals surface area contributed by atoms with Gasteiger partial charge in [-0.2, -0.15) is 0 Å². The summed E-state index contributed by atoms with van der Waals surface area (Å²) >= 11 is 6.16. The summed E-state index contributed by atoms with van der Waals surface area (Å²) in [4.78, 5) is 26.6. The van der Waals surface area contributed by atoms with E-state index in [4.69, 9.17) is 22.1 Å². The molecular formula is C24H37ClN4O3. The van der Waals surface area contributed by atoms with Crippen LogP contribution in [0.1, 0.15) is 63.0 Å². The smallest absolute Gasteiger partial charge is 0.405 e. The third-order valence-electron chi connectivity index (χ3n) is 6.71. The van der Waals surface area contributed by atoms with Gasteiger partial charge in [0.1, 0.15) is 6.10 Å². The van der Waals surface area contributed by atoms with Crippen molar-refractivity contribution in [1.82, 2.24) is 15.5 Å². The maximum absolute atomic E-state index is 13.1. The Bertz CT molecular complexity index is 757. The zero-order valence-corrected chi connectivity index (χ0v) is 19.8. The molecule has 3 rings (SSSR count). The maximum Gasteiger partial charge on any atom is 0.405 e. The number of likely N-dealkylation sites (N-methyl/N-ethyl adjacent to an activating group) is 1. The summed E-state index contributed by atoms with van der Waals surface area (Å²) in [6.45, 7) is 1.96. The molecule has 1 saturated heterocycles.